The summed E-state index contributed by atoms with van der Waals surface area (Å²) >= 11 is 0. The molecule has 0 radical (unpaired) electrons. The molecule has 2 aromatic rings. The third kappa shape index (κ3) is 5.00. The van der Waals surface area contributed by atoms with Gasteiger partial charge < -0.3 is 9.64 Å². The first-order valence-electron chi connectivity index (χ1n) is 7.79. The van der Waals surface area contributed by atoms with Gasteiger partial charge in [-0.05, 0) is 55.7 Å². The molecule has 0 bridgehead atoms. The van der Waals surface area contributed by atoms with Gasteiger partial charge >= 0.3 is 6.09 Å². The third-order valence-corrected chi connectivity index (χ3v) is 3.40. The van der Waals surface area contributed by atoms with Crippen LogP contribution in [-0.2, 0) is 11.3 Å². The molecule has 0 aliphatic carbocycles. The average molecular weight is 343 g/mol. The second-order valence-electron chi connectivity index (χ2n) is 6.67. The van der Waals surface area contributed by atoms with Crippen molar-refractivity contribution in [3.63, 3.8) is 0 Å². The lowest BCUT2D eigenvalue weighted by Gasteiger charge is -2.25. The number of carbonyl (C=O) groups excluding carboxylic acids is 1. The van der Waals surface area contributed by atoms with Crippen molar-refractivity contribution in [1.29, 1.82) is 0 Å². The highest BCUT2D eigenvalue weighted by molar-refractivity contribution is 5.71. The Morgan fingerprint density at radius 3 is 2.44 bits per heavy atom. The fraction of sp³-hybridized carbons (Fsp3) is 0.333. The largest absolute Gasteiger partial charge is 0.444 e. The molecule has 1 aromatic heterocycles. The van der Waals surface area contributed by atoms with Crippen molar-refractivity contribution in [3.8, 4) is 11.1 Å². The minimum absolute atomic E-state index is 0.0228. The van der Waals surface area contributed by atoms with E-state index >= 15 is 0 Å². The van der Waals surface area contributed by atoms with E-state index in [4.69, 9.17) is 4.74 Å². The third-order valence-electron chi connectivity index (χ3n) is 3.40. The number of amides is 1. The topological polar surface area (TPSA) is 85.6 Å². The molecular formula is C18H21N3O4. The highest BCUT2D eigenvalue weighted by Crippen LogP contribution is 2.28. The predicted molar refractivity (Wildman–Crippen MR) is 94.0 cm³/mol. The van der Waals surface area contributed by atoms with Gasteiger partial charge in [0.2, 0.25) is 0 Å². The summed E-state index contributed by atoms with van der Waals surface area (Å²) in [6.45, 7) is 5.55. The van der Waals surface area contributed by atoms with Gasteiger partial charge in [-0.25, -0.2) is 4.79 Å². The molecule has 0 unspecified atom stereocenters. The smallest absolute Gasteiger partial charge is 0.410 e. The maximum absolute atomic E-state index is 12.2. The molecule has 7 heteroatoms. The molecule has 1 amide bonds. The number of carbonyl (C=O) groups is 1. The summed E-state index contributed by atoms with van der Waals surface area (Å²) in [6.07, 6.45) is 2.82. The zero-order valence-electron chi connectivity index (χ0n) is 14.7. The molecule has 132 valence electrons. The van der Waals surface area contributed by atoms with Crippen molar-refractivity contribution in [2.24, 2.45) is 0 Å². The summed E-state index contributed by atoms with van der Waals surface area (Å²) in [4.78, 5) is 28.2. The van der Waals surface area contributed by atoms with Crippen LogP contribution in [-0.4, -0.2) is 33.5 Å². The summed E-state index contributed by atoms with van der Waals surface area (Å²) in [5.74, 6) is 0. The van der Waals surface area contributed by atoms with E-state index in [1.54, 1.807) is 46.3 Å². The van der Waals surface area contributed by atoms with E-state index in [1.165, 1.54) is 17.0 Å². The van der Waals surface area contributed by atoms with Gasteiger partial charge in [0.05, 0.1) is 4.92 Å². The van der Waals surface area contributed by atoms with Gasteiger partial charge in [0.1, 0.15) is 5.60 Å². The highest BCUT2D eigenvalue weighted by atomic mass is 16.6. The molecule has 7 nitrogen and oxygen atoms in total. The fourth-order valence-electron chi connectivity index (χ4n) is 2.30. The van der Waals surface area contributed by atoms with E-state index in [9.17, 15) is 14.9 Å². The second-order valence-corrected chi connectivity index (χ2v) is 6.67. The van der Waals surface area contributed by atoms with Crippen molar-refractivity contribution < 1.29 is 14.5 Å². The number of nitro groups is 1. The van der Waals surface area contributed by atoms with Gasteiger partial charge in [0.15, 0.2) is 0 Å². The van der Waals surface area contributed by atoms with E-state index in [0.717, 1.165) is 11.1 Å². The van der Waals surface area contributed by atoms with E-state index in [2.05, 4.69) is 4.98 Å². The lowest BCUT2D eigenvalue weighted by atomic mass is 9.99. The molecule has 0 atom stereocenters. The molecule has 0 spiro atoms. The first kappa shape index (κ1) is 18.4. The number of hydrogen-bond donors (Lipinski definition) is 0. The lowest BCUT2D eigenvalue weighted by molar-refractivity contribution is -0.384. The van der Waals surface area contributed by atoms with Crippen LogP contribution in [0, 0.1) is 10.1 Å². The van der Waals surface area contributed by atoms with Crippen molar-refractivity contribution in [3.05, 3.63) is 58.4 Å². The number of rotatable bonds is 4. The van der Waals surface area contributed by atoms with Gasteiger partial charge in [0.25, 0.3) is 5.69 Å². The van der Waals surface area contributed by atoms with Crippen molar-refractivity contribution in [1.82, 2.24) is 9.88 Å². The standard InChI is InChI=1S/C18H21N3O4/c1-18(2,3)25-17(22)20(4)12-14-11-15(21(23)24)5-6-16(14)13-7-9-19-10-8-13/h5-11H,12H2,1-4H3. The molecule has 1 aromatic carbocycles. The van der Waals surface area contributed by atoms with Crippen LogP contribution in [0.1, 0.15) is 26.3 Å². The Hall–Kier alpha value is -2.96. The number of nitrogens with zero attached hydrogens (tertiary/aromatic N) is 3. The average Bonchev–Trinajstić information content (AvgIpc) is 2.54. The Morgan fingerprint density at radius 1 is 1.24 bits per heavy atom. The van der Waals surface area contributed by atoms with Crippen LogP contribution >= 0.6 is 0 Å². The number of pyridine rings is 1. The summed E-state index contributed by atoms with van der Waals surface area (Å²) in [5.41, 5.74) is 1.71. The van der Waals surface area contributed by atoms with Gasteiger partial charge in [-0.15, -0.1) is 0 Å². The molecule has 0 N–H and O–H groups in total. The Bertz CT molecular complexity index is 770. The van der Waals surface area contributed by atoms with Gasteiger partial charge in [0, 0.05) is 38.1 Å². The van der Waals surface area contributed by atoms with Crippen LogP contribution < -0.4 is 0 Å². The molecule has 0 saturated carbocycles. The summed E-state index contributed by atoms with van der Waals surface area (Å²) in [5, 5.41) is 11.1. The molecule has 2 rings (SSSR count). The van der Waals surface area contributed by atoms with Gasteiger partial charge in [-0.3, -0.25) is 15.1 Å². The maximum atomic E-state index is 12.2. The van der Waals surface area contributed by atoms with Crippen LogP contribution in [0.25, 0.3) is 11.1 Å². The molecule has 25 heavy (non-hydrogen) atoms. The van der Waals surface area contributed by atoms with Crippen LogP contribution in [0.15, 0.2) is 42.7 Å². The van der Waals surface area contributed by atoms with Gasteiger partial charge in [-0.2, -0.15) is 0 Å². The first-order chi connectivity index (χ1) is 11.7. The summed E-state index contributed by atoms with van der Waals surface area (Å²) in [7, 11) is 1.60. The van der Waals surface area contributed by atoms with Gasteiger partial charge in [-0.1, -0.05) is 0 Å². The molecular weight excluding hydrogens is 322 g/mol. The highest BCUT2D eigenvalue weighted by Gasteiger charge is 2.21. The minimum atomic E-state index is -0.609. The Balaban J connectivity index is 2.35. The Morgan fingerprint density at radius 2 is 1.88 bits per heavy atom. The predicted octanol–water partition coefficient (Wildman–Crippen LogP) is 4.02. The molecule has 1 heterocycles. The summed E-state index contributed by atoms with van der Waals surface area (Å²) < 4.78 is 5.34. The molecule has 0 saturated heterocycles. The van der Waals surface area contributed by atoms with Crippen LogP contribution in [0.5, 0.6) is 0 Å². The zero-order chi connectivity index (χ0) is 18.6. The SMILES string of the molecule is CN(Cc1cc([N+](=O)[O-])ccc1-c1ccncc1)C(=O)OC(C)(C)C. The normalized spacial score (nSPS) is 11.0. The molecule has 0 fully saturated rings. The van der Waals surface area contributed by atoms with E-state index in [1.807, 2.05) is 12.1 Å². The first-order valence-corrected chi connectivity index (χ1v) is 7.79. The van der Waals surface area contributed by atoms with Crippen molar-refractivity contribution in [2.45, 2.75) is 32.9 Å². The van der Waals surface area contributed by atoms with E-state index < -0.39 is 16.6 Å². The summed E-state index contributed by atoms with van der Waals surface area (Å²) in [6, 6.07) is 8.26. The van der Waals surface area contributed by atoms with Crippen LogP contribution in [0.4, 0.5) is 10.5 Å². The zero-order valence-corrected chi connectivity index (χ0v) is 14.7. The Kier molecular flexibility index (Phi) is 5.36. The molecule has 0 aliphatic heterocycles. The lowest BCUT2D eigenvalue weighted by Crippen LogP contribution is -2.33. The molecule has 0 aliphatic rings. The Labute approximate surface area is 146 Å². The quantitative estimate of drug-likeness (QED) is 0.618. The number of aromatic nitrogens is 1. The maximum Gasteiger partial charge on any atom is 0.410 e. The van der Waals surface area contributed by atoms with E-state index in [-0.39, 0.29) is 12.2 Å². The van der Waals surface area contributed by atoms with Crippen molar-refractivity contribution >= 4 is 11.8 Å². The number of ether oxygens (including phenoxy) is 1. The minimum Gasteiger partial charge on any atom is -0.444 e. The van der Waals surface area contributed by atoms with Crippen molar-refractivity contribution in [2.75, 3.05) is 7.05 Å². The number of nitro benzene ring substituents is 1. The number of hydrogen-bond acceptors (Lipinski definition) is 5. The van der Waals surface area contributed by atoms with E-state index in [0.29, 0.717) is 5.56 Å². The number of non-ortho nitro benzene ring substituents is 1. The number of benzene rings is 1. The van der Waals surface area contributed by atoms with Crippen LogP contribution in [0.2, 0.25) is 0 Å². The fourth-order valence-corrected chi connectivity index (χ4v) is 2.30. The second kappa shape index (κ2) is 7.29. The van der Waals surface area contributed by atoms with Crippen LogP contribution in [0.3, 0.4) is 0 Å². The monoisotopic (exact) mass is 343 g/mol.